The summed E-state index contributed by atoms with van der Waals surface area (Å²) in [6, 6.07) is 19.8. The molecule has 1 aliphatic rings. The van der Waals surface area contributed by atoms with E-state index in [9.17, 15) is 0 Å². The van der Waals surface area contributed by atoms with Crippen LogP contribution in [0, 0.1) is 0 Å². The molecular weight excluding hydrogens is 245 g/mol. The Hall–Kier alpha value is -1.41. The molecule has 2 aromatic carbocycles. The molecule has 2 aromatic rings. The van der Waals surface area contributed by atoms with Gasteiger partial charge >= 0.3 is 0 Å². The molecule has 92 valence electrons. The monoisotopic (exact) mass is 259 g/mol. The van der Waals surface area contributed by atoms with Gasteiger partial charge in [0.1, 0.15) is 0 Å². The first-order valence-corrected chi connectivity index (χ1v) is 7.49. The Balaban J connectivity index is 2.11. The molecule has 0 aliphatic carbocycles. The molecule has 1 fully saturated rings. The van der Waals surface area contributed by atoms with E-state index >= 15 is 0 Å². The number of benzene rings is 2. The highest BCUT2D eigenvalue weighted by atomic mass is 31.2. The molecule has 1 aliphatic heterocycles. The van der Waals surface area contributed by atoms with E-state index in [-0.39, 0.29) is 0 Å². The summed E-state index contributed by atoms with van der Waals surface area (Å²) in [5.74, 6) is 0. The molecule has 0 unspecified atom stereocenters. The van der Waals surface area contributed by atoms with Gasteiger partial charge in [-0.1, -0.05) is 36.4 Å². The smallest absolute Gasteiger partial charge is 0.249 e. The average molecular weight is 259 g/mol. The van der Waals surface area contributed by atoms with E-state index < -0.39 is 7.51 Å². The van der Waals surface area contributed by atoms with Crippen LogP contribution in [0.3, 0.4) is 0 Å². The fourth-order valence-electron chi connectivity index (χ4n) is 1.89. The lowest BCUT2D eigenvalue weighted by atomic mass is 10.3. The normalized spacial score (nSPS) is 17.6. The van der Waals surface area contributed by atoms with Gasteiger partial charge in [0, 0.05) is 5.30 Å². The van der Waals surface area contributed by atoms with Crippen molar-refractivity contribution in [2.45, 2.75) is 0 Å². The summed E-state index contributed by atoms with van der Waals surface area (Å²) in [6.45, 7) is 1.22. The Morgan fingerprint density at radius 2 is 1.33 bits per heavy atom. The maximum absolute atomic E-state index is 5.85. The maximum Gasteiger partial charge on any atom is 0.249 e. The molecule has 3 rings (SSSR count). The molecule has 0 amide bonds. The van der Waals surface area contributed by atoms with Crippen molar-refractivity contribution in [2.24, 2.45) is 4.74 Å². The van der Waals surface area contributed by atoms with Gasteiger partial charge in [0.25, 0.3) is 0 Å². The van der Waals surface area contributed by atoms with Gasteiger partial charge in [0.05, 0.1) is 18.9 Å². The Bertz CT molecular complexity index is 559. The molecule has 4 heteroatoms. The zero-order valence-corrected chi connectivity index (χ0v) is 10.8. The fourth-order valence-corrected chi connectivity index (χ4v) is 4.12. The lowest BCUT2D eigenvalue weighted by Crippen LogP contribution is -2.03. The summed E-state index contributed by atoms with van der Waals surface area (Å²) in [6.07, 6.45) is 0. The lowest BCUT2D eigenvalue weighted by molar-refractivity contribution is 0.365. The summed E-state index contributed by atoms with van der Waals surface area (Å²) in [5, 5.41) is 1.03. The summed E-state index contributed by atoms with van der Waals surface area (Å²) in [4.78, 5) is 0. The van der Waals surface area contributed by atoms with Gasteiger partial charge in [-0.05, 0) is 24.3 Å². The van der Waals surface area contributed by atoms with Gasteiger partial charge in [-0.25, -0.2) is 4.74 Å². The van der Waals surface area contributed by atoms with Crippen LogP contribution in [0.5, 0.6) is 0 Å². The molecule has 1 saturated heterocycles. The first kappa shape index (κ1) is 11.7. The minimum absolute atomic E-state index is 0.610. The summed E-state index contributed by atoms with van der Waals surface area (Å²) >= 11 is 0. The number of hydrogen-bond acceptors (Lipinski definition) is 3. The van der Waals surface area contributed by atoms with Gasteiger partial charge < -0.3 is 9.05 Å². The van der Waals surface area contributed by atoms with Crippen LogP contribution in [-0.4, -0.2) is 13.2 Å². The van der Waals surface area contributed by atoms with Gasteiger partial charge in [-0.2, -0.15) is 0 Å². The molecular formula is C14H14NO2P. The lowest BCUT2D eigenvalue weighted by Gasteiger charge is -2.16. The van der Waals surface area contributed by atoms with Crippen molar-refractivity contribution in [1.29, 1.82) is 0 Å². The number of nitrogens with zero attached hydrogens (tertiary/aromatic N) is 1. The third-order valence-electron chi connectivity index (χ3n) is 2.70. The minimum atomic E-state index is -2.30. The molecule has 3 nitrogen and oxygen atoms in total. The summed E-state index contributed by atoms with van der Waals surface area (Å²) in [5.41, 5.74) is 0.900. The van der Waals surface area contributed by atoms with Crippen molar-refractivity contribution in [2.75, 3.05) is 13.2 Å². The summed E-state index contributed by atoms with van der Waals surface area (Å²) in [7, 11) is -2.30. The predicted octanol–water partition coefficient (Wildman–Crippen LogP) is 3.72. The van der Waals surface area contributed by atoms with Crippen molar-refractivity contribution >= 4 is 18.5 Å². The molecule has 0 saturated carbocycles. The van der Waals surface area contributed by atoms with Crippen LogP contribution in [0.25, 0.3) is 0 Å². The second kappa shape index (κ2) is 5.07. The Morgan fingerprint density at radius 3 is 1.94 bits per heavy atom. The Morgan fingerprint density at radius 1 is 0.778 bits per heavy atom. The molecule has 0 N–H and O–H groups in total. The molecule has 0 radical (unpaired) electrons. The highest BCUT2D eigenvalue weighted by Crippen LogP contribution is 2.56. The zero-order chi connectivity index (χ0) is 12.3. The molecule has 0 atom stereocenters. The van der Waals surface area contributed by atoms with Gasteiger partial charge in [-0.15, -0.1) is 0 Å². The van der Waals surface area contributed by atoms with Crippen LogP contribution in [0.1, 0.15) is 0 Å². The molecule has 0 aromatic heterocycles. The first-order chi connectivity index (χ1) is 8.89. The predicted molar refractivity (Wildman–Crippen MR) is 73.4 cm³/mol. The topological polar surface area (TPSA) is 30.8 Å². The van der Waals surface area contributed by atoms with E-state index in [1.54, 1.807) is 0 Å². The Kier molecular flexibility index (Phi) is 3.28. The van der Waals surface area contributed by atoms with Crippen LogP contribution in [0.15, 0.2) is 65.4 Å². The largest absolute Gasteiger partial charge is 0.318 e. The van der Waals surface area contributed by atoms with E-state index in [2.05, 4.69) is 0 Å². The van der Waals surface area contributed by atoms with Crippen LogP contribution >= 0.6 is 7.51 Å². The van der Waals surface area contributed by atoms with Crippen molar-refractivity contribution in [3.05, 3.63) is 60.7 Å². The van der Waals surface area contributed by atoms with Crippen LogP contribution < -0.4 is 5.30 Å². The standard InChI is InChI=1S/C14H14NO2P/c1-3-7-13(8-4-1)15-18(16-11-12-17-18)14-9-5-2-6-10-14/h1-10H,11-12H2. The third-order valence-corrected chi connectivity index (χ3v) is 5.21. The van der Waals surface area contributed by atoms with Crippen molar-refractivity contribution in [3.8, 4) is 0 Å². The molecule has 0 bridgehead atoms. The van der Waals surface area contributed by atoms with E-state index in [4.69, 9.17) is 13.8 Å². The van der Waals surface area contributed by atoms with E-state index in [0.717, 1.165) is 11.0 Å². The number of hydrogen-bond donors (Lipinski definition) is 0. The van der Waals surface area contributed by atoms with E-state index in [1.165, 1.54) is 0 Å². The summed E-state index contributed by atoms with van der Waals surface area (Å²) < 4.78 is 16.4. The SMILES string of the molecule is c1ccc(N=P2(c3ccccc3)OCCO2)cc1. The first-order valence-electron chi connectivity index (χ1n) is 5.91. The van der Waals surface area contributed by atoms with Crippen LogP contribution in [0.2, 0.25) is 0 Å². The highest BCUT2D eigenvalue weighted by Gasteiger charge is 2.29. The van der Waals surface area contributed by atoms with Crippen LogP contribution in [0.4, 0.5) is 5.69 Å². The van der Waals surface area contributed by atoms with Crippen molar-refractivity contribution in [1.82, 2.24) is 0 Å². The third kappa shape index (κ3) is 2.25. The fraction of sp³-hybridized carbons (Fsp3) is 0.143. The maximum atomic E-state index is 5.85. The quantitative estimate of drug-likeness (QED) is 0.769. The Labute approximate surface area is 107 Å². The van der Waals surface area contributed by atoms with E-state index in [0.29, 0.717) is 13.2 Å². The number of rotatable bonds is 2. The minimum Gasteiger partial charge on any atom is -0.318 e. The average Bonchev–Trinajstić information content (AvgIpc) is 2.91. The van der Waals surface area contributed by atoms with E-state index in [1.807, 2.05) is 60.7 Å². The van der Waals surface area contributed by atoms with Gasteiger partial charge in [-0.3, -0.25) is 0 Å². The van der Waals surface area contributed by atoms with Crippen molar-refractivity contribution < 1.29 is 9.05 Å². The molecule has 0 spiro atoms. The van der Waals surface area contributed by atoms with Crippen molar-refractivity contribution in [3.63, 3.8) is 0 Å². The zero-order valence-electron chi connectivity index (χ0n) is 9.90. The van der Waals surface area contributed by atoms with Crippen LogP contribution in [-0.2, 0) is 9.05 Å². The second-order valence-corrected chi connectivity index (χ2v) is 6.23. The van der Waals surface area contributed by atoms with Gasteiger partial charge in [0.2, 0.25) is 7.51 Å². The molecule has 1 heterocycles. The highest BCUT2D eigenvalue weighted by molar-refractivity contribution is 7.65. The molecule has 18 heavy (non-hydrogen) atoms. The second-order valence-electron chi connectivity index (χ2n) is 3.96. The van der Waals surface area contributed by atoms with Gasteiger partial charge in [0.15, 0.2) is 0 Å².